The van der Waals surface area contributed by atoms with E-state index in [1.807, 2.05) is 12.3 Å². The van der Waals surface area contributed by atoms with Gasteiger partial charge in [-0.25, -0.2) is 0 Å². The summed E-state index contributed by atoms with van der Waals surface area (Å²) in [7, 11) is 0. The topological polar surface area (TPSA) is 57.6 Å². The lowest BCUT2D eigenvalue weighted by Gasteiger charge is -2.38. The molecule has 0 fully saturated rings. The summed E-state index contributed by atoms with van der Waals surface area (Å²) >= 11 is 5.90. The van der Waals surface area contributed by atoms with Gasteiger partial charge in [-0.3, -0.25) is 4.98 Å². The first-order valence-electron chi connectivity index (χ1n) is 13.4. The molecule has 1 unspecified atom stereocenters. The summed E-state index contributed by atoms with van der Waals surface area (Å²) in [6, 6.07) is 17.0. The molecule has 1 aromatic heterocycles. The number of thiocarbonyl (C=S) groups is 1. The van der Waals surface area contributed by atoms with E-state index in [2.05, 4.69) is 64.6 Å². The zero-order valence-electron chi connectivity index (χ0n) is 21.4. The summed E-state index contributed by atoms with van der Waals surface area (Å²) in [5.41, 5.74) is 4.54. The lowest BCUT2D eigenvalue weighted by atomic mass is 9.93. The van der Waals surface area contributed by atoms with Crippen LogP contribution in [0.4, 0.5) is 5.69 Å². The van der Waals surface area contributed by atoms with E-state index < -0.39 is 0 Å². The van der Waals surface area contributed by atoms with Crippen LogP contribution in [0.25, 0.3) is 10.8 Å². The number of aromatic nitrogens is 1. The summed E-state index contributed by atoms with van der Waals surface area (Å²) in [6.07, 6.45) is 11.1. The van der Waals surface area contributed by atoms with E-state index in [0.29, 0.717) is 18.1 Å². The second-order valence-electron chi connectivity index (χ2n) is 9.72. The summed E-state index contributed by atoms with van der Waals surface area (Å²) in [4.78, 5) is 6.83. The fraction of sp³-hybridized carbons (Fsp3) is 0.467. The minimum absolute atomic E-state index is 0.147. The van der Waals surface area contributed by atoms with Crippen molar-refractivity contribution in [3.05, 3.63) is 71.5 Å². The molecule has 3 aromatic rings. The third-order valence-electron chi connectivity index (χ3n) is 7.03. The van der Waals surface area contributed by atoms with Crippen molar-refractivity contribution in [2.45, 2.75) is 77.5 Å². The Morgan fingerprint density at radius 1 is 1.08 bits per heavy atom. The van der Waals surface area contributed by atoms with Crippen LogP contribution >= 0.6 is 12.2 Å². The predicted molar refractivity (Wildman–Crippen MR) is 152 cm³/mol. The van der Waals surface area contributed by atoms with Crippen molar-refractivity contribution in [2.75, 3.05) is 18.5 Å². The Balaban J connectivity index is 1.40. The van der Waals surface area contributed by atoms with Crippen molar-refractivity contribution in [1.82, 2.24) is 9.88 Å². The van der Waals surface area contributed by atoms with Crippen molar-refractivity contribution >= 4 is 33.8 Å². The summed E-state index contributed by atoms with van der Waals surface area (Å²) in [5.74, 6) is 0. The molecule has 2 aromatic carbocycles. The molecule has 6 heteroatoms. The Labute approximate surface area is 220 Å². The van der Waals surface area contributed by atoms with E-state index in [0.717, 1.165) is 48.1 Å². The van der Waals surface area contributed by atoms with E-state index in [-0.39, 0.29) is 12.6 Å². The number of unbranched alkanes of at least 4 members (excludes halogenated alkanes) is 5. The van der Waals surface area contributed by atoms with Gasteiger partial charge >= 0.3 is 0 Å². The molecular formula is C30H39N3O2S. The summed E-state index contributed by atoms with van der Waals surface area (Å²) in [5, 5.41) is 16.0. The van der Waals surface area contributed by atoms with Gasteiger partial charge in [0.25, 0.3) is 0 Å². The second kappa shape index (κ2) is 13.7. The first-order chi connectivity index (χ1) is 17.7. The minimum atomic E-state index is 0.147. The molecule has 0 spiro atoms. The van der Waals surface area contributed by atoms with Gasteiger partial charge in [-0.05, 0) is 54.7 Å². The van der Waals surface area contributed by atoms with Gasteiger partial charge in [-0.15, -0.1) is 0 Å². The second-order valence-corrected chi connectivity index (χ2v) is 10.1. The van der Waals surface area contributed by atoms with E-state index >= 15 is 0 Å². The molecule has 0 aliphatic carbocycles. The molecule has 0 amide bonds. The number of nitrogens with zero attached hydrogens (tertiary/aromatic N) is 2. The highest BCUT2D eigenvalue weighted by molar-refractivity contribution is 7.80. The van der Waals surface area contributed by atoms with Gasteiger partial charge in [-0.2, -0.15) is 0 Å². The van der Waals surface area contributed by atoms with Gasteiger partial charge in [0.05, 0.1) is 12.3 Å². The number of aliphatic hydroxyl groups is 1. The molecule has 2 heterocycles. The summed E-state index contributed by atoms with van der Waals surface area (Å²) < 4.78 is 5.92. The van der Waals surface area contributed by atoms with Gasteiger partial charge in [-0.1, -0.05) is 75.4 Å². The average Bonchev–Trinajstić information content (AvgIpc) is 2.90. The van der Waals surface area contributed by atoms with Crippen molar-refractivity contribution < 1.29 is 9.84 Å². The number of pyridine rings is 1. The Kier molecular flexibility index (Phi) is 10.1. The van der Waals surface area contributed by atoms with Crippen molar-refractivity contribution in [3.8, 4) is 0 Å². The molecule has 1 atom stereocenters. The Hall–Kier alpha value is -2.54. The Bertz CT molecular complexity index is 1140. The molecule has 192 valence electrons. The van der Waals surface area contributed by atoms with Crippen LogP contribution in [-0.2, 0) is 24.3 Å². The Morgan fingerprint density at radius 2 is 1.89 bits per heavy atom. The number of nitrogens with one attached hydrogen (secondary N) is 1. The van der Waals surface area contributed by atoms with Crippen LogP contribution in [0.3, 0.4) is 0 Å². The number of rotatable bonds is 12. The van der Waals surface area contributed by atoms with Crippen LogP contribution in [0.5, 0.6) is 0 Å². The zero-order chi connectivity index (χ0) is 25.2. The lowest BCUT2D eigenvalue weighted by Crippen LogP contribution is -2.46. The molecule has 4 rings (SSSR count). The number of ether oxygens (including phenoxy) is 1. The normalized spacial score (nSPS) is 15.2. The number of fused-ring (bicyclic) bond motifs is 2. The SMILES string of the molecule is CCCCCCCCOCc1cc2c(NC(=S)N3Cc4ccccc4CC3CCO)cccc2cn1. The summed E-state index contributed by atoms with van der Waals surface area (Å²) in [6.45, 7) is 4.43. The van der Waals surface area contributed by atoms with E-state index in [9.17, 15) is 5.11 Å². The third kappa shape index (κ3) is 7.02. The molecular weight excluding hydrogens is 466 g/mol. The molecule has 0 radical (unpaired) electrons. The van der Waals surface area contributed by atoms with Gasteiger partial charge in [0.1, 0.15) is 0 Å². The standard InChI is InChI=1S/C30H39N3O2S/c1-2-3-4-5-6-9-17-35-22-26-19-28-24(20-31-26)13-10-14-29(28)32-30(36)33-21-25-12-8-7-11-23(25)18-27(33)15-16-34/h7-8,10-14,19-20,27,34H,2-6,9,15-18,21-22H2,1H3,(H,32,36). The molecule has 2 N–H and O–H groups in total. The van der Waals surface area contributed by atoms with Crippen molar-refractivity contribution in [3.63, 3.8) is 0 Å². The van der Waals surface area contributed by atoms with Crippen LogP contribution in [-0.4, -0.2) is 39.4 Å². The van der Waals surface area contributed by atoms with E-state index in [1.54, 1.807) is 0 Å². The van der Waals surface area contributed by atoms with Crippen LogP contribution in [0, 0.1) is 0 Å². The average molecular weight is 506 g/mol. The van der Waals surface area contributed by atoms with Gasteiger partial charge in [0.2, 0.25) is 0 Å². The maximum absolute atomic E-state index is 9.67. The third-order valence-corrected chi connectivity index (χ3v) is 7.37. The zero-order valence-corrected chi connectivity index (χ0v) is 22.2. The van der Waals surface area contributed by atoms with Crippen LogP contribution in [0.15, 0.2) is 54.7 Å². The lowest BCUT2D eigenvalue weighted by molar-refractivity contribution is 0.114. The predicted octanol–water partition coefficient (Wildman–Crippen LogP) is 6.62. The number of aliphatic hydroxyl groups excluding tert-OH is 1. The quantitative estimate of drug-likeness (QED) is 0.213. The van der Waals surface area contributed by atoms with Crippen molar-refractivity contribution in [2.24, 2.45) is 0 Å². The fourth-order valence-electron chi connectivity index (χ4n) is 4.98. The van der Waals surface area contributed by atoms with Crippen LogP contribution < -0.4 is 5.32 Å². The number of anilines is 1. The largest absolute Gasteiger partial charge is 0.396 e. The number of hydrogen-bond donors (Lipinski definition) is 2. The molecule has 0 bridgehead atoms. The smallest absolute Gasteiger partial charge is 0.174 e. The molecule has 0 saturated heterocycles. The highest BCUT2D eigenvalue weighted by Gasteiger charge is 2.27. The number of hydrogen-bond acceptors (Lipinski definition) is 4. The molecule has 5 nitrogen and oxygen atoms in total. The number of benzene rings is 2. The molecule has 1 aliphatic heterocycles. The molecule has 36 heavy (non-hydrogen) atoms. The highest BCUT2D eigenvalue weighted by atomic mass is 32.1. The van der Waals surface area contributed by atoms with Gasteiger partial charge in [0, 0.05) is 48.5 Å². The maximum Gasteiger partial charge on any atom is 0.174 e. The monoisotopic (exact) mass is 505 g/mol. The maximum atomic E-state index is 9.67. The minimum Gasteiger partial charge on any atom is -0.396 e. The molecule has 1 aliphatic rings. The Morgan fingerprint density at radius 3 is 2.72 bits per heavy atom. The van der Waals surface area contributed by atoms with E-state index in [4.69, 9.17) is 17.0 Å². The van der Waals surface area contributed by atoms with Crippen LogP contribution in [0.1, 0.15) is 68.7 Å². The van der Waals surface area contributed by atoms with E-state index in [1.165, 1.54) is 43.2 Å². The van der Waals surface area contributed by atoms with Gasteiger partial charge in [0.15, 0.2) is 5.11 Å². The van der Waals surface area contributed by atoms with Crippen LogP contribution in [0.2, 0.25) is 0 Å². The molecule has 0 saturated carbocycles. The van der Waals surface area contributed by atoms with Gasteiger partial charge < -0.3 is 20.1 Å². The highest BCUT2D eigenvalue weighted by Crippen LogP contribution is 2.28. The first kappa shape index (κ1) is 26.5. The first-order valence-corrected chi connectivity index (χ1v) is 13.8. The van der Waals surface area contributed by atoms with Crippen molar-refractivity contribution in [1.29, 1.82) is 0 Å². The fourth-order valence-corrected chi connectivity index (χ4v) is 5.30.